The SMILES string of the molecule is Cc1nc(NCCNC(=O)c2ccc(F)cc2Cl)cc(-n2cnc(C)c2C)n1. The quantitative estimate of drug-likeness (QED) is 0.618. The lowest BCUT2D eigenvalue weighted by Gasteiger charge is -2.11. The van der Waals surface area contributed by atoms with Crippen LogP contribution in [0.1, 0.15) is 27.6 Å². The molecular weight excluding hydrogens is 383 g/mol. The van der Waals surface area contributed by atoms with Gasteiger partial charge in [0, 0.05) is 24.8 Å². The highest BCUT2D eigenvalue weighted by Crippen LogP contribution is 2.17. The van der Waals surface area contributed by atoms with Crippen LogP contribution < -0.4 is 10.6 Å². The number of anilines is 1. The van der Waals surface area contributed by atoms with E-state index in [1.807, 2.05) is 31.4 Å². The highest BCUT2D eigenvalue weighted by atomic mass is 35.5. The lowest BCUT2D eigenvalue weighted by atomic mass is 10.2. The molecule has 0 saturated carbocycles. The average molecular weight is 403 g/mol. The van der Waals surface area contributed by atoms with Crippen molar-refractivity contribution in [1.29, 1.82) is 0 Å². The second-order valence-corrected chi connectivity index (χ2v) is 6.66. The molecule has 0 aliphatic rings. The second kappa shape index (κ2) is 8.35. The van der Waals surface area contributed by atoms with Crippen molar-refractivity contribution in [2.45, 2.75) is 20.8 Å². The third kappa shape index (κ3) is 4.45. The number of halogens is 2. The Kier molecular flexibility index (Phi) is 5.89. The summed E-state index contributed by atoms with van der Waals surface area (Å²) in [4.78, 5) is 25.2. The zero-order chi connectivity index (χ0) is 20.3. The van der Waals surface area contributed by atoms with E-state index in [9.17, 15) is 9.18 Å². The summed E-state index contributed by atoms with van der Waals surface area (Å²) >= 11 is 5.90. The summed E-state index contributed by atoms with van der Waals surface area (Å²) in [5, 5.41) is 5.97. The molecule has 3 rings (SSSR count). The van der Waals surface area contributed by atoms with Crippen molar-refractivity contribution in [3.8, 4) is 5.82 Å². The topological polar surface area (TPSA) is 84.7 Å². The first-order valence-electron chi connectivity index (χ1n) is 8.69. The van der Waals surface area contributed by atoms with E-state index in [0.29, 0.717) is 24.7 Å². The van der Waals surface area contributed by atoms with Gasteiger partial charge in [0.05, 0.1) is 16.3 Å². The molecule has 0 atom stereocenters. The predicted octanol–water partition coefficient (Wildman–Crippen LogP) is 3.22. The fourth-order valence-electron chi connectivity index (χ4n) is 2.63. The second-order valence-electron chi connectivity index (χ2n) is 6.25. The van der Waals surface area contributed by atoms with Gasteiger partial charge in [0.2, 0.25) is 0 Å². The highest BCUT2D eigenvalue weighted by Gasteiger charge is 2.11. The standard InChI is InChI=1S/C19H20ClFN6O/c1-11-12(2)27(10-24-11)18-9-17(25-13(3)26-18)22-6-7-23-19(28)15-5-4-14(21)8-16(15)20/h4-5,8-10H,6-7H2,1-3H3,(H,23,28)(H,22,25,26). The number of hydrogen-bond donors (Lipinski definition) is 2. The number of benzene rings is 1. The lowest BCUT2D eigenvalue weighted by molar-refractivity contribution is 0.0955. The van der Waals surface area contributed by atoms with Crippen LogP contribution in [0.2, 0.25) is 5.02 Å². The van der Waals surface area contributed by atoms with E-state index in [2.05, 4.69) is 25.6 Å². The molecule has 146 valence electrons. The number of carbonyl (C=O) groups excluding carboxylic acids is 1. The number of nitrogens with one attached hydrogen (secondary N) is 2. The Morgan fingerprint density at radius 2 is 1.96 bits per heavy atom. The summed E-state index contributed by atoms with van der Waals surface area (Å²) in [6.45, 7) is 6.51. The van der Waals surface area contributed by atoms with Crippen LogP contribution in [0.5, 0.6) is 0 Å². The van der Waals surface area contributed by atoms with Crippen LogP contribution in [-0.4, -0.2) is 38.5 Å². The van der Waals surface area contributed by atoms with Crippen LogP contribution >= 0.6 is 11.6 Å². The van der Waals surface area contributed by atoms with Gasteiger partial charge in [-0.15, -0.1) is 0 Å². The Hall–Kier alpha value is -3.00. The number of hydrogen-bond acceptors (Lipinski definition) is 5. The molecular formula is C19H20ClFN6O. The number of carbonyl (C=O) groups is 1. The largest absolute Gasteiger partial charge is 0.368 e. The van der Waals surface area contributed by atoms with Gasteiger partial charge in [-0.1, -0.05) is 11.6 Å². The summed E-state index contributed by atoms with van der Waals surface area (Å²) in [5.41, 5.74) is 2.18. The molecule has 7 nitrogen and oxygen atoms in total. The molecule has 0 aliphatic heterocycles. The number of aromatic nitrogens is 4. The summed E-state index contributed by atoms with van der Waals surface area (Å²) in [5.74, 6) is 1.13. The van der Waals surface area contributed by atoms with E-state index in [0.717, 1.165) is 23.3 Å². The van der Waals surface area contributed by atoms with Gasteiger partial charge < -0.3 is 10.6 Å². The Bertz CT molecular complexity index is 1020. The number of nitrogens with zero attached hydrogens (tertiary/aromatic N) is 4. The average Bonchev–Trinajstić information content (AvgIpc) is 2.97. The number of imidazole rings is 1. The third-order valence-electron chi connectivity index (χ3n) is 4.22. The maximum atomic E-state index is 13.1. The monoisotopic (exact) mass is 402 g/mol. The summed E-state index contributed by atoms with van der Waals surface area (Å²) in [7, 11) is 0. The molecule has 1 aromatic carbocycles. The van der Waals surface area contributed by atoms with Crippen LogP contribution in [0.15, 0.2) is 30.6 Å². The Morgan fingerprint density at radius 3 is 2.64 bits per heavy atom. The molecule has 0 aliphatic carbocycles. The van der Waals surface area contributed by atoms with Gasteiger partial charge in [0.1, 0.15) is 29.6 Å². The van der Waals surface area contributed by atoms with Gasteiger partial charge in [0.25, 0.3) is 5.91 Å². The molecule has 3 aromatic rings. The molecule has 0 fully saturated rings. The van der Waals surface area contributed by atoms with E-state index in [4.69, 9.17) is 11.6 Å². The predicted molar refractivity (Wildman–Crippen MR) is 106 cm³/mol. The molecule has 0 unspecified atom stereocenters. The Morgan fingerprint density at radius 1 is 1.18 bits per heavy atom. The molecule has 2 aromatic heterocycles. The molecule has 2 N–H and O–H groups in total. The highest BCUT2D eigenvalue weighted by molar-refractivity contribution is 6.33. The van der Waals surface area contributed by atoms with Crippen LogP contribution in [0.3, 0.4) is 0 Å². The van der Waals surface area contributed by atoms with Crippen molar-refractivity contribution >= 4 is 23.3 Å². The minimum absolute atomic E-state index is 0.0764. The smallest absolute Gasteiger partial charge is 0.252 e. The van der Waals surface area contributed by atoms with Gasteiger partial charge in [-0.25, -0.2) is 19.3 Å². The summed E-state index contributed by atoms with van der Waals surface area (Å²) < 4.78 is 15.0. The van der Waals surface area contributed by atoms with E-state index in [-0.39, 0.29) is 16.5 Å². The van der Waals surface area contributed by atoms with E-state index >= 15 is 0 Å². The van der Waals surface area contributed by atoms with Gasteiger partial charge in [-0.3, -0.25) is 9.36 Å². The molecule has 0 spiro atoms. The first-order chi connectivity index (χ1) is 13.3. The first kappa shape index (κ1) is 19.8. The molecule has 2 heterocycles. The Labute approximate surface area is 167 Å². The van der Waals surface area contributed by atoms with Crippen LogP contribution in [-0.2, 0) is 0 Å². The normalized spacial score (nSPS) is 10.8. The van der Waals surface area contributed by atoms with Crippen LogP contribution in [0, 0.1) is 26.6 Å². The van der Waals surface area contributed by atoms with E-state index in [1.165, 1.54) is 12.1 Å². The van der Waals surface area contributed by atoms with Gasteiger partial charge in [-0.2, -0.15) is 0 Å². The molecule has 1 amide bonds. The molecule has 0 bridgehead atoms. The minimum Gasteiger partial charge on any atom is -0.368 e. The fourth-order valence-corrected chi connectivity index (χ4v) is 2.88. The van der Waals surface area contributed by atoms with Crippen LogP contribution in [0.4, 0.5) is 10.2 Å². The zero-order valence-corrected chi connectivity index (χ0v) is 16.5. The number of aryl methyl sites for hydroxylation is 2. The van der Waals surface area contributed by atoms with Crippen LogP contribution in [0.25, 0.3) is 5.82 Å². The summed E-state index contributed by atoms with van der Waals surface area (Å²) in [6, 6.07) is 5.49. The maximum Gasteiger partial charge on any atom is 0.252 e. The van der Waals surface area contributed by atoms with Gasteiger partial charge in [-0.05, 0) is 39.0 Å². The maximum absolute atomic E-state index is 13.1. The van der Waals surface area contributed by atoms with E-state index < -0.39 is 5.82 Å². The zero-order valence-electron chi connectivity index (χ0n) is 15.8. The minimum atomic E-state index is -0.485. The first-order valence-corrected chi connectivity index (χ1v) is 9.06. The lowest BCUT2D eigenvalue weighted by Crippen LogP contribution is -2.29. The summed E-state index contributed by atoms with van der Waals surface area (Å²) in [6.07, 6.45) is 1.73. The number of amides is 1. The molecule has 0 radical (unpaired) electrons. The third-order valence-corrected chi connectivity index (χ3v) is 4.53. The van der Waals surface area contributed by atoms with Crippen molar-refractivity contribution in [1.82, 2.24) is 24.8 Å². The van der Waals surface area contributed by atoms with Gasteiger partial charge >= 0.3 is 0 Å². The fraction of sp³-hybridized carbons (Fsp3) is 0.263. The van der Waals surface area contributed by atoms with Crippen molar-refractivity contribution in [2.24, 2.45) is 0 Å². The van der Waals surface area contributed by atoms with Crippen molar-refractivity contribution in [2.75, 3.05) is 18.4 Å². The Balaban J connectivity index is 1.60. The van der Waals surface area contributed by atoms with Gasteiger partial charge in [0.15, 0.2) is 0 Å². The van der Waals surface area contributed by atoms with Crippen molar-refractivity contribution < 1.29 is 9.18 Å². The van der Waals surface area contributed by atoms with E-state index in [1.54, 1.807) is 6.33 Å². The number of rotatable bonds is 6. The van der Waals surface area contributed by atoms with Crippen molar-refractivity contribution in [3.05, 3.63) is 64.2 Å². The molecule has 28 heavy (non-hydrogen) atoms. The molecule has 0 saturated heterocycles. The molecule has 9 heteroatoms. The van der Waals surface area contributed by atoms with Crippen molar-refractivity contribution in [3.63, 3.8) is 0 Å².